The van der Waals surface area contributed by atoms with Gasteiger partial charge in [0.1, 0.15) is 0 Å². The van der Waals surface area contributed by atoms with Crippen molar-refractivity contribution in [2.75, 3.05) is 4.90 Å². The molecule has 0 spiro atoms. The molecule has 49 heavy (non-hydrogen) atoms. The van der Waals surface area contributed by atoms with Gasteiger partial charge in [-0.25, -0.2) is 0 Å². The number of hydrogen-bond donors (Lipinski definition) is 0. The zero-order valence-electron chi connectivity index (χ0n) is 26.8. The first-order valence-electron chi connectivity index (χ1n) is 16.9. The van der Waals surface area contributed by atoms with Gasteiger partial charge in [-0.05, 0) is 80.6 Å². The fraction of sp³-hybridized carbons (Fsp3) is 0.0213. The largest absolute Gasteiger partial charge is 0.309 e. The summed E-state index contributed by atoms with van der Waals surface area (Å²) in [6.07, 6.45) is 0. The van der Waals surface area contributed by atoms with Crippen molar-refractivity contribution in [1.82, 2.24) is 0 Å². The van der Waals surface area contributed by atoms with E-state index in [9.17, 15) is 0 Å². The molecular weight excluding hydrogens is 611 g/mol. The molecule has 1 aliphatic carbocycles. The highest BCUT2D eigenvalue weighted by Gasteiger charge is 2.46. The molecule has 2 heteroatoms. The number of thiophene rings is 1. The van der Waals surface area contributed by atoms with Crippen LogP contribution in [0.3, 0.4) is 0 Å². The molecule has 0 bridgehead atoms. The molecule has 230 valence electrons. The minimum absolute atomic E-state index is 0.460. The second kappa shape index (κ2) is 11.1. The second-order valence-electron chi connectivity index (χ2n) is 12.8. The van der Waals surface area contributed by atoms with Crippen molar-refractivity contribution in [3.8, 4) is 11.1 Å². The Morgan fingerprint density at radius 1 is 0.408 bits per heavy atom. The highest BCUT2D eigenvalue weighted by atomic mass is 32.1. The molecule has 9 aromatic rings. The van der Waals surface area contributed by atoms with Gasteiger partial charge in [0.05, 0.1) is 15.8 Å². The van der Waals surface area contributed by atoms with Crippen molar-refractivity contribution in [2.24, 2.45) is 0 Å². The van der Waals surface area contributed by atoms with Crippen molar-refractivity contribution in [1.29, 1.82) is 0 Å². The molecule has 1 aromatic heterocycles. The van der Waals surface area contributed by atoms with Gasteiger partial charge < -0.3 is 4.90 Å². The molecule has 1 aliphatic rings. The summed E-state index contributed by atoms with van der Waals surface area (Å²) in [4.78, 5) is 2.42. The summed E-state index contributed by atoms with van der Waals surface area (Å²) >= 11 is 1.87. The van der Waals surface area contributed by atoms with Crippen molar-refractivity contribution in [2.45, 2.75) is 5.41 Å². The number of para-hydroxylation sites is 1. The third-order valence-corrected chi connectivity index (χ3v) is 11.5. The Morgan fingerprint density at radius 2 is 1.04 bits per heavy atom. The smallest absolute Gasteiger partial charge is 0.0713 e. The van der Waals surface area contributed by atoms with E-state index in [4.69, 9.17) is 0 Å². The Labute approximate surface area is 290 Å². The van der Waals surface area contributed by atoms with Crippen molar-refractivity contribution in [3.63, 3.8) is 0 Å². The molecule has 10 rings (SSSR count). The molecule has 0 amide bonds. The third kappa shape index (κ3) is 4.11. The fourth-order valence-electron chi connectivity index (χ4n) is 8.30. The highest BCUT2D eigenvalue weighted by molar-refractivity contribution is 7.26. The average Bonchev–Trinajstić information content (AvgIpc) is 3.71. The molecule has 1 atom stereocenters. The summed E-state index contributed by atoms with van der Waals surface area (Å²) in [6.45, 7) is 0. The molecule has 1 unspecified atom stereocenters. The monoisotopic (exact) mass is 641 g/mol. The van der Waals surface area contributed by atoms with Crippen LogP contribution in [0.4, 0.5) is 17.1 Å². The van der Waals surface area contributed by atoms with Gasteiger partial charge in [0.25, 0.3) is 0 Å². The summed E-state index contributed by atoms with van der Waals surface area (Å²) in [5, 5.41) is 5.17. The van der Waals surface area contributed by atoms with Crippen LogP contribution in [0.2, 0.25) is 0 Å². The van der Waals surface area contributed by atoms with E-state index in [0.717, 1.165) is 11.4 Å². The van der Waals surface area contributed by atoms with Gasteiger partial charge in [-0.2, -0.15) is 0 Å². The molecule has 0 saturated heterocycles. The molecule has 0 saturated carbocycles. The molecule has 0 fully saturated rings. The lowest BCUT2D eigenvalue weighted by Crippen LogP contribution is -2.28. The van der Waals surface area contributed by atoms with Gasteiger partial charge in [0.2, 0.25) is 0 Å². The predicted molar refractivity (Wildman–Crippen MR) is 209 cm³/mol. The zero-order chi connectivity index (χ0) is 32.4. The van der Waals surface area contributed by atoms with Crippen LogP contribution in [0.25, 0.3) is 42.1 Å². The standard InChI is InChI=1S/C47H31NS/c1-3-15-33(16-4-1)47(41-23-11-9-21-40(41)45-37-19-8-7-14-32(37)26-31-42(45)47)34-27-29-36(30-28-34)48(35-17-5-2-6-18-35)43-24-13-22-39-38-20-10-12-25-44(38)49-46(39)43/h1-31H. The van der Waals surface area contributed by atoms with Crippen LogP contribution in [-0.4, -0.2) is 0 Å². The Kier molecular flexibility index (Phi) is 6.34. The summed E-state index contributed by atoms with van der Waals surface area (Å²) in [5.74, 6) is 0. The number of anilines is 3. The first kappa shape index (κ1) is 28.1. The molecule has 0 radical (unpaired) electrons. The van der Waals surface area contributed by atoms with E-state index >= 15 is 0 Å². The summed E-state index contributed by atoms with van der Waals surface area (Å²) < 4.78 is 2.60. The van der Waals surface area contributed by atoms with Gasteiger partial charge in [0.15, 0.2) is 0 Å². The van der Waals surface area contributed by atoms with Gasteiger partial charge >= 0.3 is 0 Å². The number of rotatable bonds is 5. The van der Waals surface area contributed by atoms with Crippen LogP contribution in [0, 0.1) is 0 Å². The van der Waals surface area contributed by atoms with Crippen LogP contribution in [0.1, 0.15) is 22.3 Å². The Hall–Kier alpha value is -5.96. The van der Waals surface area contributed by atoms with Crippen molar-refractivity contribution in [3.05, 3.63) is 210 Å². The van der Waals surface area contributed by atoms with E-state index in [-0.39, 0.29) is 0 Å². The van der Waals surface area contributed by atoms with Gasteiger partial charge in [-0.3, -0.25) is 0 Å². The summed E-state index contributed by atoms with van der Waals surface area (Å²) in [7, 11) is 0. The quantitative estimate of drug-likeness (QED) is 0.181. The lowest BCUT2D eigenvalue weighted by atomic mass is 9.67. The minimum Gasteiger partial charge on any atom is -0.309 e. The molecule has 0 N–H and O–H groups in total. The Bertz CT molecular complexity index is 2660. The van der Waals surface area contributed by atoms with E-state index in [1.807, 2.05) is 11.3 Å². The number of nitrogens with zero attached hydrogens (tertiary/aromatic N) is 1. The second-order valence-corrected chi connectivity index (χ2v) is 13.9. The van der Waals surface area contributed by atoms with Gasteiger partial charge in [-0.15, -0.1) is 11.3 Å². The normalized spacial score (nSPS) is 15.0. The number of hydrogen-bond acceptors (Lipinski definition) is 2. The van der Waals surface area contributed by atoms with Gasteiger partial charge in [0, 0.05) is 26.8 Å². The first-order chi connectivity index (χ1) is 24.3. The maximum Gasteiger partial charge on any atom is 0.0713 e. The Balaban J connectivity index is 1.22. The van der Waals surface area contributed by atoms with Crippen LogP contribution in [0.15, 0.2) is 188 Å². The van der Waals surface area contributed by atoms with Crippen molar-refractivity contribution < 1.29 is 0 Å². The maximum atomic E-state index is 2.42. The molecule has 1 nitrogen and oxygen atoms in total. The van der Waals surface area contributed by atoms with Crippen LogP contribution < -0.4 is 4.90 Å². The summed E-state index contributed by atoms with van der Waals surface area (Å²) in [5.41, 5.74) is 10.9. The predicted octanol–water partition coefficient (Wildman–Crippen LogP) is 13.0. The lowest BCUT2D eigenvalue weighted by Gasteiger charge is -2.34. The average molecular weight is 642 g/mol. The van der Waals surface area contributed by atoms with Crippen LogP contribution in [0.5, 0.6) is 0 Å². The SMILES string of the molecule is c1ccc(N(c2ccc(C3(c4ccccc4)c4ccccc4-c4c3ccc3ccccc43)cc2)c2cccc3c2sc2ccccc23)cc1. The van der Waals surface area contributed by atoms with E-state index in [1.165, 1.54) is 70.0 Å². The maximum absolute atomic E-state index is 2.42. The molecule has 1 heterocycles. The van der Waals surface area contributed by atoms with Crippen LogP contribution in [-0.2, 0) is 5.41 Å². The number of fused-ring (bicyclic) bond motifs is 8. The van der Waals surface area contributed by atoms with E-state index in [2.05, 4.69) is 193 Å². The third-order valence-electron chi connectivity index (χ3n) is 10.3. The van der Waals surface area contributed by atoms with Crippen molar-refractivity contribution >= 4 is 59.3 Å². The Morgan fingerprint density at radius 3 is 1.88 bits per heavy atom. The van der Waals surface area contributed by atoms with Crippen LogP contribution >= 0.6 is 11.3 Å². The first-order valence-corrected chi connectivity index (χ1v) is 17.7. The molecule has 0 aliphatic heterocycles. The van der Waals surface area contributed by atoms with E-state index in [1.54, 1.807) is 0 Å². The van der Waals surface area contributed by atoms with Gasteiger partial charge in [-0.1, -0.05) is 152 Å². The van der Waals surface area contributed by atoms with E-state index in [0.29, 0.717) is 0 Å². The lowest BCUT2D eigenvalue weighted by molar-refractivity contribution is 0.769. The highest BCUT2D eigenvalue weighted by Crippen LogP contribution is 2.58. The zero-order valence-corrected chi connectivity index (χ0v) is 27.6. The topological polar surface area (TPSA) is 3.24 Å². The van der Waals surface area contributed by atoms with E-state index < -0.39 is 5.41 Å². The molecule has 8 aromatic carbocycles. The number of benzene rings is 8. The molecular formula is C47H31NS. The summed E-state index contributed by atoms with van der Waals surface area (Å²) in [6, 6.07) is 69.2. The minimum atomic E-state index is -0.460. The fourth-order valence-corrected chi connectivity index (χ4v) is 9.50.